The molecule has 0 amide bonds. The van der Waals surface area contributed by atoms with Crippen molar-refractivity contribution in [3.63, 3.8) is 0 Å². The first-order valence-electron chi connectivity index (χ1n) is 8.31. The van der Waals surface area contributed by atoms with Crippen molar-refractivity contribution in [2.24, 2.45) is 5.41 Å². The van der Waals surface area contributed by atoms with Gasteiger partial charge in [-0.25, -0.2) is 13.1 Å². The molecule has 0 atom stereocenters. The average Bonchev–Trinajstić information content (AvgIpc) is 2.53. The maximum absolute atomic E-state index is 12.6. The van der Waals surface area contributed by atoms with Gasteiger partial charge in [0, 0.05) is 6.54 Å². The lowest BCUT2D eigenvalue weighted by Crippen LogP contribution is -2.42. The molecule has 0 unspecified atom stereocenters. The molecule has 0 bridgehead atoms. The van der Waals surface area contributed by atoms with Gasteiger partial charge in [-0.05, 0) is 80.3 Å². The van der Waals surface area contributed by atoms with Crippen LogP contribution in [0.4, 0.5) is 0 Å². The lowest BCUT2D eigenvalue weighted by Gasteiger charge is -2.34. The van der Waals surface area contributed by atoms with Gasteiger partial charge in [-0.2, -0.15) is 0 Å². The van der Waals surface area contributed by atoms with Crippen LogP contribution in [0, 0.1) is 5.41 Å². The molecule has 1 saturated heterocycles. The lowest BCUT2D eigenvalue weighted by molar-refractivity contribution is 0.232. The fourth-order valence-corrected chi connectivity index (χ4v) is 4.69. The van der Waals surface area contributed by atoms with E-state index in [0.29, 0.717) is 11.4 Å². The molecule has 1 fully saturated rings. The number of sulfonamides is 1. The molecule has 2 aliphatic rings. The summed E-state index contributed by atoms with van der Waals surface area (Å²) in [6.45, 7) is 4.63. The summed E-state index contributed by atoms with van der Waals surface area (Å²) < 4.78 is 28.0. The fraction of sp³-hybridized carbons (Fsp3) is 0.647. The highest BCUT2D eigenvalue weighted by Crippen LogP contribution is 2.28. The first kappa shape index (κ1) is 16.0. The fourth-order valence-electron chi connectivity index (χ4n) is 3.44. The van der Waals surface area contributed by atoms with Gasteiger partial charge in [0.1, 0.15) is 0 Å². The van der Waals surface area contributed by atoms with E-state index in [1.165, 1.54) is 17.5 Å². The number of benzene rings is 1. The highest BCUT2D eigenvalue weighted by Gasteiger charge is 2.29. The monoisotopic (exact) mass is 322 g/mol. The third-order valence-corrected chi connectivity index (χ3v) is 6.53. The number of rotatable bonds is 4. The Morgan fingerprint density at radius 1 is 1.14 bits per heavy atom. The highest BCUT2D eigenvalue weighted by atomic mass is 32.2. The largest absolute Gasteiger partial charge is 0.317 e. The molecule has 0 spiro atoms. The summed E-state index contributed by atoms with van der Waals surface area (Å²) >= 11 is 0. The number of piperidine rings is 1. The van der Waals surface area contributed by atoms with Crippen molar-refractivity contribution in [2.75, 3.05) is 19.6 Å². The van der Waals surface area contributed by atoms with E-state index in [4.69, 9.17) is 0 Å². The minimum atomic E-state index is -3.40. The van der Waals surface area contributed by atoms with Crippen LogP contribution in [0.2, 0.25) is 0 Å². The summed E-state index contributed by atoms with van der Waals surface area (Å²) in [6.07, 6.45) is 6.48. The van der Waals surface area contributed by atoms with Crippen molar-refractivity contribution in [1.29, 1.82) is 0 Å². The SMILES string of the molecule is CC1(CNS(=O)(=O)c2ccc3c(c2)CCCC3)CCNCC1. The summed E-state index contributed by atoms with van der Waals surface area (Å²) in [6, 6.07) is 5.63. The molecule has 122 valence electrons. The van der Waals surface area contributed by atoms with Crippen LogP contribution in [0.3, 0.4) is 0 Å². The second kappa shape index (κ2) is 6.30. The standard InChI is InChI=1S/C17H26N2O2S/c1-17(8-10-18-11-9-17)13-19-22(20,21)16-7-6-14-4-2-3-5-15(14)12-16/h6-7,12,18-19H,2-5,8-11,13H2,1H3. The minimum absolute atomic E-state index is 0.0620. The molecular weight excluding hydrogens is 296 g/mol. The molecule has 4 nitrogen and oxygen atoms in total. The van der Waals surface area contributed by atoms with E-state index < -0.39 is 10.0 Å². The second-order valence-corrected chi connectivity index (χ2v) is 8.79. The molecular formula is C17H26N2O2S. The number of hydrogen-bond donors (Lipinski definition) is 2. The van der Waals surface area contributed by atoms with Crippen LogP contribution in [0.1, 0.15) is 43.7 Å². The molecule has 1 heterocycles. The van der Waals surface area contributed by atoms with Gasteiger partial charge in [0.15, 0.2) is 0 Å². The van der Waals surface area contributed by atoms with Crippen molar-refractivity contribution in [1.82, 2.24) is 10.0 Å². The van der Waals surface area contributed by atoms with Crippen LogP contribution in [-0.2, 0) is 22.9 Å². The van der Waals surface area contributed by atoms with Gasteiger partial charge in [0.2, 0.25) is 10.0 Å². The minimum Gasteiger partial charge on any atom is -0.317 e. The van der Waals surface area contributed by atoms with Crippen LogP contribution in [0.15, 0.2) is 23.1 Å². The summed E-state index contributed by atoms with van der Waals surface area (Å²) in [7, 11) is -3.40. The first-order valence-corrected chi connectivity index (χ1v) is 9.79. The van der Waals surface area contributed by atoms with Gasteiger partial charge >= 0.3 is 0 Å². The van der Waals surface area contributed by atoms with E-state index in [-0.39, 0.29) is 5.41 Å². The van der Waals surface area contributed by atoms with Crippen LogP contribution in [0.5, 0.6) is 0 Å². The van der Waals surface area contributed by atoms with Crippen LogP contribution >= 0.6 is 0 Å². The molecule has 1 aliphatic carbocycles. The number of nitrogens with one attached hydrogen (secondary N) is 2. The van der Waals surface area contributed by atoms with Crippen molar-refractivity contribution >= 4 is 10.0 Å². The van der Waals surface area contributed by atoms with Crippen molar-refractivity contribution in [2.45, 2.75) is 50.3 Å². The van der Waals surface area contributed by atoms with E-state index in [0.717, 1.165) is 45.2 Å². The maximum Gasteiger partial charge on any atom is 0.240 e. The average molecular weight is 322 g/mol. The van der Waals surface area contributed by atoms with Crippen LogP contribution in [-0.4, -0.2) is 28.1 Å². The predicted octanol–water partition coefficient (Wildman–Crippen LogP) is 2.23. The van der Waals surface area contributed by atoms with E-state index in [9.17, 15) is 8.42 Å². The zero-order valence-electron chi connectivity index (χ0n) is 13.3. The normalized spacial score (nSPS) is 21.3. The number of aryl methyl sites for hydroxylation is 2. The molecule has 0 radical (unpaired) electrons. The molecule has 0 aromatic heterocycles. The summed E-state index contributed by atoms with van der Waals surface area (Å²) in [4.78, 5) is 0.422. The zero-order chi connectivity index (χ0) is 15.6. The van der Waals surface area contributed by atoms with Gasteiger partial charge in [-0.15, -0.1) is 0 Å². The molecule has 5 heteroatoms. The summed E-state index contributed by atoms with van der Waals surface area (Å²) in [5.74, 6) is 0. The topological polar surface area (TPSA) is 58.2 Å². The first-order chi connectivity index (χ1) is 10.5. The molecule has 3 rings (SSSR count). The molecule has 2 N–H and O–H groups in total. The van der Waals surface area contributed by atoms with Gasteiger partial charge in [-0.3, -0.25) is 0 Å². The molecule has 22 heavy (non-hydrogen) atoms. The Bertz CT molecular complexity index is 634. The lowest BCUT2D eigenvalue weighted by atomic mass is 9.81. The van der Waals surface area contributed by atoms with Crippen molar-refractivity contribution < 1.29 is 8.42 Å². The Morgan fingerprint density at radius 2 is 1.82 bits per heavy atom. The zero-order valence-corrected chi connectivity index (χ0v) is 14.1. The number of fused-ring (bicyclic) bond motifs is 1. The third kappa shape index (κ3) is 3.53. The Hall–Kier alpha value is -0.910. The second-order valence-electron chi connectivity index (χ2n) is 7.02. The van der Waals surface area contributed by atoms with Crippen molar-refractivity contribution in [3.05, 3.63) is 29.3 Å². The maximum atomic E-state index is 12.6. The van der Waals surface area contributed by atoms with Gasteiger partial charge in [0.05, 0.1) is 4.90 Å². The Labute approximate surface area is 133 Å². The van der Waals surface area contributed by atoms with Crippen LogP contribution in [0.25, 0.3) is 0 Å². The quantitative estimate of drug-likeness (QED) is 0.894. The van der Waals surface area contributed by atoms with Gasteiger partial charge in [-0.1, -0.05) is 13.0 Å². The predicted molar refractivity (Wildman–Crippen MR) is 88.5 cm³/mol. The molecule has 1 aliphatic heterocycles. The Morgan fingerprint density at radius 3 is 2.55 bits per heavy atom. The Balaban J connectivity index is 1.72. The van der Waals surface area contributed by atoms with E-state index >= 15 is 0 Å². The van der Waals surface area contributed by atoms with E-state index in [1.54, 1.807) is 6.07 Å². The highest BCUT2D eigenvalue weighted by molar-refractivity contribution is 7.89. The van der Waals surface area contributed by atoms with Gasteiger partial charge in [0.25, 0.3) is 0 Å². The molecule has 1 aromatic carbocycles. The Kier molecular flexibility index (Phi) is 4.57. The third-order valence-electron chi connectivity index (χ3n) is 5.13. The number of hydrogen-bond acceptors (Lipinski definition) is 3. The molecule has 0 saturated carbocycles. The summed E-state index contributed by atoms with van der Waals surface area (Å²) in [5.41, 5.74) is 2.59. The molecule has 1 aromatic rings. The van der Waals surface area contributed by atoms with Gasteiger partial charge < -0.3 is 5.32 Å². The van der Waals surface area contributed by atoms with E-state index in [2.05, 4.69) is 17.0 Å². The van der Waals surface area contributed by atoms with Crippen molar-refractivity contribution in [3.8, 4) is 0 Å². The van der Waals surface area contributed by atoms with E-state index in [1.807, 2.05) is 12.1 Å². The van der Waals surface area contributed by atoms with Crippen LogP contribution < -0.4 is 10.0 Å². The smallest absolute Gasteiger partial charge is 0.240 e. The summed E-state index contributed by atoms with van der Waals surface area (Å²) in [5, 5.41) is 3.33.